The number of ether oxygens (including phenoxy) is 1. The second-order valence-electron chi connectivity index (χ2n) is 3.64. The summed E-state index contributed by atoms with van der Waals surface area (Å²) in [6.45, 7) is 4.34. The summed E-state index contributed by atoms with van der Waals surface area (Å²) in [7, 11) is 0. The Morgan fingerprint density at radius 3 is 3.13 bits per heavy atom. The topological polar surface area (TPSA) is 64.3 Å². The third kappa shape index (κ3) is 2.36. The Balaban J connectivity index is 2.10. The van der Waals surface area contributed by atoms with Gasteiger partial charge in [-0.05, 0) is 13.3 Å². The Bertz CT molecular complexity index is 331. The molecule has 5 heteroatoms. The van der Waals surface area contributed by atoms with Crippen LogP contribution in [-0.4, -0.2) is 35.7 Å². The second-order valence-corrected chi connectivity index (χ2v) is 3.64. The Morgan fingerprint density at radius 1 is 1.60 bits per heavy atom. The van der Waals surface area contributed by atoms with Crippen LogP contribution in [0.15, 0.2) is 12.4 Å². The van der Waals surface area contributed by atoms with Gasteiger partial charge in [0.1, 0.15) is 0 Å². The van der Waals surface area contributed by atoms with Gasteiger partial charge in [-0.2, -0.15) is 4.98 Å². The number of nitrogens with zero attached hydrogens (tertiary/aromatic N) is 3. The molecule has 1 atom stereocenters. The maximum Gasteiger partial charge on any atom is 0.234 e. The zero-order valence-electron chi connectivity index (χ0n) is 8.89. The minimum atomic E-state index is 0.252. The van der Waals surface area contributed by atoms with Crippen LogP contribution in [0.5, 0.6) is 5.88 Å². The van der Waals surface area contributed by atoms with Gasteiger partial charge in [0.25, 0.3) is 0 Å². The normalized spacial score (nSPS) is 20.7. The molecule has 1 aromatic rings. The zero-order chi connectivity index (χ0) is 10.7. The number of hydrogen-bond acceptors (Lipinski definition) is 5. The molecular formula is C10H16N4O. The molecule has 0 saturated carbocycles. The summed E-state index contributed by atoms with van der Waals surface area (Å²) in [6.07, 6.45) is 4.39. The van der Waals surface area contributed by atoms with Crippen LogP contribution in [0.25, 0.3) is 0 Å². The largest absolute Gasteiger partial charge is 0.477 e. The fourth-order valence-electron chi connectivity index (χ4n) is 1.70. The lowest BCUT2D eigenvalue weighted by molar-refractivity contribution is 0.325. The third-order valence-corrected chi connectivity index (χ3v) is 2.44. The summed E-state index contributed by atoms with van der Waals surface area (Å²) in [5.74, 6) is 1.43. The van der Waals surface area contributed by atoms with Crippen molar-refractivity contribution in [3.8, 4) is 5.88 Å². The Kier molecular flexibility index (Phi) is 3.01. The lowest BCUT2D eigenvalue weighted by Gasteiger charge is -2.16. The van der Waals surface area contributed by atoms with E-state index >= 15 is 0 Å². The molecule has 1 aliphatic heterocycles. The van der Waals surface area contributed by atoms with Crippen molar-refractivity contribution in [2.24, 2.45) is 5.73 Å². The van der Waals surface area contributed by atoms with Crippen LogP contribution in [0.2, 0.25) is 0 Å². The van der Waals surface area contributed by atoms with E-state index in [-0.39, 0.29) is 6.04 Å². The number of hydrogen-bond donors (Lipinski definition) is 1. The van der Waals surface area contributed by atoms with Gasteiger partial charge in [-0.15, -0.1) is 0 Å². The van der Waals surface area contributed by atoms with Gasteiger partial charge in [0.15, 0.2) is 5.82 Å². The van der Waals surface area contributed by atoms with Gasteiger partial charge in [-0.1, -0.05) is 0 Å². The molecule has 15 heavy (non-hydrogen) atoms. The molecule has 0 radical (unpaired) electrons. The fourth-order valence-corrected chi connectivity index (χ4v) is 1.70. The lowest BCUT2D eigenvalue weighted by atomic mass is 10.3. The number of nitrogens with two attached hydrogens (primary N) is 1. The van der Waals surface area contributed by atoms with Crippen LogP contribution in [0.4, 0.5) is 5.82 Å². The first-order valence-corrected chi connectivity index (χ1v) is 5.25. The lowest BCUT2D eigenvalue weighted by Crippen LogP contribution is -2.27. The standard InChI is InChI=1S/C10H16N4O/c1-2-15-10-6-12-5-9(13-10)14-4-3-8(11)7-14/h5-6,8H,2-4,7,11H2,1H3. The summed E-state index contributed by atoms with van der Waals surface area (Å²) in [6, 6.07) is 0.252. The summed E-state index contributed by atoms with van der Waals surface area (Å²) in [5.41, 5.74) is 5.84. The molecule has 82 valence electrons. The van der Waals surface area contributed by atoms with Gasteiger partial charge in [0.2, 0.25) is 5.88 Å². The molecule has 0 spiro atoms. The van der Waals surface area contributed by atoms with Gasteiger partial charge in [-0.25, -0.2) is 0 Å². The zero-order valence-corrected chi connectivity index (χ0v) is 8.89. The van der Waals surface area contributed by atoms with Gasteiger partial charge in [0, 0.05) is 19.1 Å². The minimum absolute atomic E-state index is 0.252. The quantitative estimate of drug-likeness (QED) is 0.779. The van der Waals surface area contributed by atoms with Gasteiger partial charge in [-0.3, -0.25) is 4.98 Å². The van der Waals surface area contributed by atoms with Gasteiger partial charge in [0.05, 0.1) is 19.0 Å². The average Bonchev–Trinajstić information content (AvgIpc) is 2.66. The molecule has 1 aromatic heterocycles. The van der Waals surface area contributed by atoms with E-state index in [2.05, 4.69) is 14.9 Å². The van der Waals surface area contributed by atoms with Gasteiger partial charge >= 0.3 is 0 Å². The minimum Gasteiger partial charge on any atom is -0.477 e. The van der Waals surface area contributed by atoms with Crippen LogP contribution >= 0.6 is 0 Å². The van der Waals surface area contributed by atoms with Crippen molar-refractivity contribution in [3.63, 3.8) is 0 Å². The van der Waals surface area contributed by atoms with E-state index in [0.717, 1.165) is 25.3 Å². The van der Waals surface area contributed by atoms with E-state index in [1.807, 2.05) is 6.92 Å². The fraction of sp³-hybridized carbons (Fsp3) is 0.600. The van der Waals surface area contributed by atoms with Crippen molar-refractivity contribution >= 4 is 5.82 Å². The molecule has 1 unspecified atom stereocenters. The second kappa shape index (κ2) is 4.44. The number of rotatable bonds is 3. The van der Waals surface area contributed by atoms with E-state index in [0.29, 0.717) is 12.5 Å². The summed E-state index contributed by atoms with van der Waals surface area (Å²) >= 11 is 0. The predicted octanol–water partition coefficient (Wildman–Crippen LogP) is 0.413. The van der Waals surface area contributed by atoms with Crippen LogP contribution in [0, 0.1) is 0 Å². The van der Waals surface area contributed by atoms with E-state index < -0.39 is 0 Å². The Labute approximate surface area is 89.3 Å². The molecule has 2 N–H and O–H groups in total. The highest BCUT2D eigenvalue weighted by Crippen LogP contribution is 2.18. The molecular weight excluding hydrogens is 192 g/mol. The van der Waals surface area contributed by atoms with Crippen LogP contribution in [-0.2, 0) is 0 Å². The van der Waals surface area contributed by atoms with Crippen LogP contribution < -0.4 is 15.4 Å². The molecule has 1 aliphatic rings. The highest BCUT2D eigenvalue weighted by molar-refractivity contribution is 5.39. The van der Waals surface area contributed by atoms with Crippen molar-refractivity contribution in [2.45, 2.75) is 19.4 Å². The van der Waals surface area contributed by atoms with Gasteiger partial charge < -0.3 is 15.4 Å². The van der Waals surface area contributed by atoms with E-state index in [1.165, 1.54) is 0 Å². The monoisotopic (exact) mass is 208 g/mol. The van der Waals surface area contributed by atoms with E-state index in [4.69, 9.17) is 10.5 Å². The first-order chi connectivity index (χ1) is 7.29. The molecule has 0 amide bonds. The molecule has 2 rings (SSSR count). The highest BCUT2D eigenvalue weighted by Gasteiger charge is 2.20. The summed E-state index contributed by atoms with van der Waals surface area (Å²) in [5, 5.41) is 0. The SMILES string of the molecule is CCOc1cncc(N2CCC(N)C2)n1. The third-order valence-electron chi connectivity index (χ3n) is 2.44. The highest BCUT2D eigenvalue weighted by atomic mass is 16.5. The van der Waals surface area contributed by atoms with E-state index in [1.54, 1.807) is 12.4 Å². The molecule has 0 aliphatic carbocycles. The molecule has 1 saturated heterocycles. The van der Waals surface area contributed by atoms with Crippen LogP contribution in [0.1, 0.15) is 13.3 Å². The molecule has 2 heterocycles. The Hall–Kier alpha value is -1.36. The molecule has 5 nitrogen and oxygen atoms in total. The van der Waals surface area contributed by atoms with Crippen molar-refractivity contribution in [1.29, 1.82) is 0 Å². The maximum absolute atomic E-state index is 5.84. The van der Waals surface area contributed by atoms with Crippen molar-refractivity contribution in [1.82, 2.24) is 9.97 Å². The first-order valence-electron chi connectivity index (χ1n) is 5.25. The number of aromatic nitrogens is 2. The number of anilines is 1. The average molecular weight is 208 g/mol. The molecule has 0 bridgehead atoms. The maximum atomic E-state index is 5.84. The van der Waals surface area contributed by atoms with E-state index in [9.17, 15) is 0 Å². The Morgan fingerprint density at radius 2 is 2.47 bits per heavy atom. The van der Waals surface area contributed by atoms with Crippen molar-refractivity contribution in [2.75, 3.05) is 24.6 Å². The first kappa shape index (κ1) is 10.2. The van der Waals surface area contributed by atoms with Crippen molar-refractivity contribution < 1.29 is 4.74 Å². The summed E-state index contributed by atoms with van der Waals surface area (Å²) < 4.78 is 5.30. The smallest absolute Gasteiger partial charge is 0.234 e. The predicted molar refractivity (Wildman–Crippen MR) is 58.0 cm³/mol. The summed E-state index contributed by atoms with van der Waals surface area (Å²) in [4.78, 5) is 10.6. The molecule has 1 fully saturated rings. The molecule has 0 aromatic carbocycles. The van der Waals surface area contributed by atoms with Crippen molar-refractivity contribution in [3.05, 3.63) is 12.4 Å². The van der Waals surface area contributed by atoms with Crippen LogP contribution in [0.3, 0.4) is 0 Å².